The molecule has 0 amide bonds. The normalized spacial score (nSPS) is 9.21. The maximum atomic E-state index is 6.69. The van der Waals surface area contributed by atoms with E-state index in [0.29, 0.717) is 30.4 Å². The van der Waals surface area contributed by atoms with Crippen LogP contribution in [0.5, 0.6) is 11.8 Å². The lowest BCUT2D eigenvalue weighted by Crippen LogP contribution is -2.01. The molecule has 1 aromatic rings. The van der Waals surface area contributed by atoms with E-state index in [1.54, 1.807) is 13.3 Å². The van der Waals surface area contributed by atoms with Gasteiger partial charge in [-0.1, -0.05) is 0 Å². The summed E-state index contributed by atoms with van der Waals surface area (Å²) in [6, 6.07) is 0.297. The second kappa shape index (κ2) is 5.02. The molecule has 0 N–H and O–H groups in total. The van der Waals surface area contributed by atoms with Crippen LogP contribution in [0.15, 0.2) is 6.20 Å². The molecule has 0 unspecified atom stereocenters. The Kier molecular flexibility index (Phi) is 3.68. The molecular formula is C9H11N3O2. The Morgan fingerprint density at radius 3 is 2.79 bits per heavy atom. The lowest BCUT2D eigenvalue weighted by atomic mass is 10.3. The van der Waals surface area contributed by atoms with Gasteiger partial charge in [-0.2, -0.15) is 9.97 Å². The van der Waals surface area contributed by atoms with Gasteiger partial charge in [-0.05, 0) is 0 Å². The third-order valence-electron chi connectivity index (χ3n) is 1.67. The van der Waals surface area contributed by atoms with Crippen LogP contribution in [0.1, 0.15) is 5.69 Å². The summed E-state index contributed by atoms with van der Waals surface area (Å²) >= 11 is 0. The fraction of sp³-hybridized carbons (Fsp3) is 0.444. The lowest BCUT2D eigenvalue weighted by Gasteiger charge is -2.05. The second-order valence-corrected chi connectivity index (χ2v) is 2.50. The van der Waals surface area contributed by atoms with Crippen LogP contribution >= 0.6 is 0 Å². The molecule has 1 heterocycles. The molecular weight excluding hydrogens is 182 g/mol. The standard InChI is InChI=1S/C9H11N3O2/c1-10-5-4-7-8(13-2)6-11-9(12-7)14-3/h6H,4-5H2,2-3H3. The molecule has 0 bridgehead atoms. The van der Waals surface area contributed by atoms with Gasteiger partial charge in [0.15, 0.2) is 5.75 Å². The Bertz CT molecular complexity index is 346. The molecule has 0 aliphatic rings. The van der Waals surface area contributed by atoms with Gasteiger partial charge in [0, 0.05) is 0 Å². The summed E-state index contributed by atoms with van der Waals surface area (Å²) in [4.78, 5) is 11.3. The van der Waals surface area contributed by atoms with Gasteiger partial charge in [0.25, 0.3) is 0 Å². The number of hydrogen-bond donors (Lipinski definition) is 0. The first kappa shape index (κ1) is 10.3. The molecule has 1 rings (SSSR count). The lowest BCUT2D eigenvalue weighted by molar-refractivity contribution is 0.365. The number of ether oxygens (including phenoxy) is 2. The van der Waals surface area contributed by atoms with Crippen molar-refractivity contribution in [1.82, 2.24) is 9.97 Å². The van der Waals surface area contributed by atoms with Gasteiger partial charge < -0.3 is 14.3 Å². The van der Waals surface area contributed by atoms with Gasteiger partial charge in [-0.25, -0.2) is 6.57 Å². The number of rotatable bonds is 4. The number of methoxy groups -OCH3 is 2. The van der Waals surface area contributed by atoms with Gasteiger partial charge in [0.1, 0.15) is 0 Å². The Balaban J connectivity index is 2.91. The Morgan fingerprint density at radius 2 is 2.21 bits per heavy atom. The van der Waals surface area contributed by atoms with Crippen LogP contribution in [0, 0.1) is 6.57 Å². The molecule has 0 aromatic carbocycles. The van der Waals surface area contributed by atoms with Crippen molar-refractivity contribution >= 4 is 0 Å². The summed E-state index contributed by atoms with van der Waals surface area (Å²) in [5.41, 5.74) is 0.704. The topological polar surface area (TPSA) is 48.6 Å². The molecule has 0 saturated heterocycles. The van der Waals surface area contributed by atoms with Crippen molar-refractivity contribution in [2.45, 2.75) is 6.42 Å². The Morgan fingerprint density at radius 1 is 1.43 bits per heavy atom. The average molecular weight is 193 g/mol. The minimum atomic E-state index is 0.297. The third-order valence-corrected chi connectivity index (χ3v) is 1.67. The van der Waals surface area contributed by atoms with Crippen molar-refractivity contribution in [2.24, 2.45) is 0 Å². The first-order chi connectivity index (χ1) is 6.81. The van der Waals surface area contributed by atoms with Gasteiger partial charge in [-0.3, -0.25) is 0 Å². The minimum Gasteiger partial charge on any atom is -0.493 e. The van der Waals surface area contributed by atoms with Gasteiger partial charge >= 0.3 is 6.01 Å². The molecule has 14 heavy (non-hydrogen) atoms. The van der Waals surface area contributed by atoms with Crippen molar-refractivity contribution in [3.63, 3.8) is 0 Å². The molecule has 0 aliphatic carbocycles. The first-order valence-corrected chi connectivity index (χ1v) is 4.09. The van der Waals surface area contributed by atoms with E-state index in [4.69, 9.17) is 16.0 Å². The molecule has 0 radical (unpaired) electrons. The molecule has 74 valence electrons. The van der Waals surface area contributed by atoms with E-state index < -0.39 is 0 Å². The van der Waals surface area contributed by atoms with Crippen LogP contribution in [-0.4, -0.2) is 30.7 Å². The molecule has 0 saturated carbocycles. The van der Waals surface area contributed by atoms with Crippen LogP contribution in [0.3, 0.4) is 0 Å². The molecule has 0 spiro atoms. The Hall–Kier alpha value is -1.83. The van der Waals surface area contributed by atoms with Crippen LogP contribution in [0.4, 0.5) is 0 Å². The number of aromatic nitrogens is 2. The highest BCUT2D eigenvalue weighted by molar-refractivity contribution is 5.26. The largest absolute Gasteiger partial charge is 0.493 e. The summed E-state index contributed by atoms with van der Waals surface area (Å²) in [6.45, 7) is 7.07. The highest BCUT2D eigenvalue weighted by atomic mass is 16.5. The van der Waals surface area contributed by atoms with Gasteiger partial charge in [-0.15, -0.1) is 0 Å². The summed E-state index contributed by atoms with van der Waals surface area (Å²) in [7, 11) is 3.05. The van der Waals surface area contributed by atoms with E-state index >= 15 is 0 Å². The van der Waals surface area contributed by atoms with Crippen LogP contribution in [-0.2, 0) is 6.42 Å². The zero-order valence-electron chi connectivity index (χ0n) is 8.15. The van der Waals surface area contributed by atoms with E-state index in [-0.39, 0.29) is 0 Å². The zero-order chi connectivity index (χ0) is 10.4. The highest BCUT2D eigenvalue weighted by Crippen LogP contribution is 2.17. The highest BCUT2D eigenvalue weighted by Gasteiger charge is 2.08. The van der Waals surface area contributed by atoms with Gasteiger partial charge in [0.05, 0.1) is 32.5 Å². The smallest absolute Gasteiger partial charge is 0.316 e. The average Bonchev–Trinajstić information content (AvgIpc) is 2.25. The van der Waals surface area contributed by atoms with Crippen LogP contribution in [0.2, 0.25) is 0 Å². The maximum absolute atomic E-state index is 6.69. The second-order valence-electron chi connectivity index (χ2n) is 2.50. The predicted octanol–water partition coefficient (Wildman–Crippen LogP) is 0.956. The molecule has 0 fully saturated rings. The van der Waals surface area contributed by atoms with Crippen molar-refractivity contribution in [2.75, 3.05) is 20.8 Å². The summed E-state index contributed by atoms with van der Waals surface area (Å²) in [5.74, 6) is 0.592. The maximum Gasteiger partial charge on any atom is 0.316 e. The molecule has 0 atom stereocenters. The first-order valence-electron chi connectivity index (χ1n) is 4.09. The quantitative estimate of drug-likeness (QED) is 0.668. The molecule has 0 aliphatic heterocycles. The van der Waals surface area contributed by atoms with Crippen molar-refractivity contribution in [3.8, 4) is 11.8 Å². The number of hydrogen-bond acceptors (Lipinski definition) is 4. The third kappa shape index (κ3) is 2.33. The summed E-state index contributed by atoms with van der Waals surface area (Å²) in [6.07, 6.45) is 2.09. The fourth-order valence-corrected chi connectivity index (χ4v) is 0.998. The van der Waals surface area contributed by atoms with E-state index in [1.165, 1.54) is 7.11 Å². The molecule has 5 heteroatoms. The summed E-state index contributed by atoms with van der Waals surface area (Å²) in [5, 5.41) is 0. The fourth-order valence-electron chi connectivity index (χ4n) is 0.998. The van der Waals surface area contributed by atoms with Crippen molar-refractivity contribution in [3.05, 3.63) is 23.3 Å². The van der Waals surface area contributed by atoms with E-state index in [2.05, 4.69) is 14.8 Å². The molecule has 1 aromatic heterocycles. The molecule has 5 nitrogen and oxygen atoms in total. The summed E-state index contributed by atoms with van der Waals surface area (Å²) < 4.78 is 9.94. The van der Waals surface area contributed by atoms with Gasteiger partial charge in [0.2, 0.25) is 6.54 Å². The van der Waals surface area contributed by atoms with Crippen molar-refractivity contribution in [1.29, 1.82) is 0 Å². The van der Waals surface area contributed by atoms with E-state index in [1.807, 2.05) is 0 Å². The van der Waals surface area contributed by atoms with Crippen LogP contribution in [0.25, 0.3) is 4.85 Å². The Labute approximate surface area is 82.5 Å². The van der Waals surface area contributed by atoms with Crippen LogP contribution < -0.4 is 9.47 Å². The minimum absolute atomic E-state index is 0.297. The van der Waals surface area contributed by atoms with Crippen molar-refractivity contribution < 1.29 is 9.47 Å². The number of nitrogens with zero attached hydrogens (tertiary/aromatic N) is 3. The predicted molar refractivity (Wildman–Crippen MR) is 50.3 cm³/mol. The SMILES string of the molecule is [C-]#[N+]CCc1nc(OC)ncc1OC. The van der Waals surface area contributed by atoms with E-state index in [9.17, 15) is 0 Å². The monoisotopic (exact) mass is 193 g/mol. The zero-order valence-corrected chi connectivity index (χ0v) is 8.15. The van der Waals surface area contributed by atoms with E-state index in [0.717, 1.165) is 0 Å².